The molecule has 4 rings (SSSR count). The van der Waals surface area contributed by atoms with E-state index >= 15 is 0 Å². The molecule has 198 valence electrons. The first kappa shape index (κ1) is 27.7. The number of para-hydroxylation sites is 1. The van der Waals surface area contributed by atoms with Crippen LogP contribution < -0.4 is 21.3 Å². The summed E-state index contributed by atoms with van der Waals surface area (Å²) in [6.45, 7) is 3.73. The maximum Gasteiger partial charge on any atom is 0.256 e. The first-order valence-corrected chi connectivity index (χ1v) is 11.6. The third-order valence-electron chi connectivity index (χ3n) is 5.65. The summed E-state index contributed by atoms with van der Waals surface area (Å²) >= 11 is 0. The average molecular weight is 516 g/mol. The molecule has 12 heteroatoms. The summed E-state index contributed by atoms with van der Waals surface area (Å²) in [4.78, 5) is 40.7. The van der Waals surface area contributed by atoms with Crippen LogP contribution in [-0.2, 0) is 30.4 Å². The molecule has 2 saturated heterocycles. The van der Waals surface area contributed by atoms with Gasteiger partial charge in [-0.25, -0.2) is 4.39 Å². The highest BCUT2D eigenvalue weighted by molar-refractivity contribution is 5.98. The van der Waals surface area contributed by atoms with Crippen molar-refractivity contribution < 1.29 is 33.4 Å². The van der Waals surface area contributed by atoms with E-state index in [1.165, 1.54) is 6.07 Å². The van der Waals surface area contributed by atoms with E-state index in [4.69, 9.17) is 15.2 Å². The molecule has 0 aliphatic carbocycles. The maximum absolute atomic E-state index is 13.9. The number of aliphatic imine (C=N–C) groups is 1. The van der Waals surface area contributed by atoms with Crippen LogP contribution in [0, 0.1) is 12.7 Å². The highest BCUT2D eigenvalue weighted by Gasteiger charge is 2.35. The van der Waals surface area contributed by atoms with Crippen LogP contribution >= 0.6 is 0 Å². The van der Waals surface area contributed by atoms with Crippen LogP contribution in [0.25, 0.3) is 0 Å². The molecule has 0 radical (unpaired) electrons. The molecule has 2 fully saturated rings. The minimum atomic E-state index is -1.71. The van der Waals surface area contributed by atoms with Gasteiger partial charge in [0.05, 0.1) is 26.1 Å². The zero-order chi connectivity index (χ0) is 26.8. The second-order valence-electron chi connectivity index (χ2n) is 8.18. The summed E-state index contributed by atoms with van der Waals surface area (Å²) in [5.41, 5.74) is 7.19. The maximum atomic E-state index is 13.9. The quantitative estimate of drug-likeness (QED) is 0.322. The van der Waals surface area contributed by atoms with Gasteiger partial charge in [-0.05, 0) is 42.3 Å². The van der Waals surface area contributed by atoms with Gasteiger partial charge in [0.1, 0.15) is 12.4 Å². The Balaban J connectivity index is 0.000000244. The monoisotopic (exact) mass is 515 g/mol. The predicted molar refractivity (Wildman–Crippen MR) is 135 cm³/mol. The number of carbonyl (C=O) groups excluding carboxylic acids is 3. The molecule has 2 aromatic rings. The van der Waals surface area contributed by atoms with Crippen molar-refractivity contribution in [1.29, 1.82) is 0 Å². The number of aliphatic hydroxyl groups is 1. The number of carbonyl (C=O) groups is 3. The number of rotatable bonds is 6. The molecule has 2 unspecified atom stereocenters. The number of ether oxygens (including phenoxy) is 2. The summed E-state index contributed by atoms with van der Waals surface area (Å²) in [6, 6.07) is 12.3. The molecule has 2 aromatic carbocycles. The number of amides is 3. The lowest BCUT2D eigenvalue weighted by molar-refractivity contribution is -0.153. The molecule has 2 atom stereocenters. The van der Waals surface area contributed by atoms with Crippen LogP contribution in [0.3, 0.4) is 0 Å². The van der Waals surface area contributed by atoms with E-state index in [0.717, 1.165) is 18.1 Å². The molecule has 0 aromatic heterocycles. The van der Waals surface area contributed by atoms with E-state index in [9.17, 15) is 23.9 Å². The number of benzene rings is 2. The second-order valence-corrected chi connectivity index (χ2v) is 8.18. The van der Waals surface area contributed by atoms with Gasteiger partial charge in [-0.3, -0.25) is 19.4 Å². The van der Waals surface area contributed by atoms with Crippen LogP contribution in [0.5, 0.6) is 0 Å². The number of anilines is 2. The van der Waals surface area contributed by atoms with E-state index in [2.05, 4.69) is 15.6 Å². The number of nitrogens with zero attached hydrogens (tertiary/aromatic N) is 2. The fourth-order valence-electron chi connectivity index (χ4n) is 3.65. The Bertz CT molecular complexity index is 1130. The van der Waals surface area contributed by atoms with Crippen LogP contribution in [0.2, 0.25) is 0 Å². The topological polar surface area (TPSA) is 156 Å². The highest BCUT2D eigenvalue weighted by Crippen LogP contribution is 2.21. The normalized spacial score (nSPS) is 18.6. The van der Waals surface area contributed by atoms with Crippen molar-refractivity contribution >= 4 is 35.4 Å². The van der Waals surface area contributed by atoms with E-state index in [0.29, 0.717) is 30.8 Å². The summed E-state index contributed by atoms with van der Waals surface area (Å²) < 4.78 is 24.1. The van der Waals surface area contributed by atoms with Gasteiger partial charge in [0, 0.05) is 24.5 Å². The van der Waals surface area contributed by atoms with Gasteiger partial charge in [-0.15, -0.1) is 0 Å². The van der Waals surface area contributed by atoms with E-state index in [1.54, 1.807) is 11.8 Å². The van der Waals surface area contributed by atoms with Crippen LogP contribution in [0.4, 0.5) is 15.8 Å². The van der Waals surface area contributed by atoms with Gasteiger partial charge in [0.2, 0.25) is 0 Å². The van der Waals surface area contributed by atoms with Gasteiger partial charge in [-0.1, -0.05) is 18.2 Å². The molecule has 0 bridgehead atoms. The minimum Gasteiger partial charge on any atom is -0.390 e. The second kappa shape index (κ2) is 13.4. The standard InChI is InChI=1S/C15H19FN4O4.C10H11NO2/c1-8-9(6-18-7-17)4-10(5-11(8)16)20-14(22)12(21)13-15(23)19-2-3-24-13;12-10-8-13-7-6-11(10)9-4-2-1-3-5-9/h4-5,7,12-13,21H,2-3,6H2,1H3,(H2,17,18)(H,19,23)(H,20,22);1-5H,6-8H2. The Morgan fingerprint density at radius 2 is 2.08 bits per heavy atom. The first-order chi connectivity index (χ1) is 17.8. The number of hydrogen-bond acceptors (Lipinski definition) is 7. The summed E-state index contributed by atoms with van der Waals surface area (Å²) in [5, 5.41) is 14.8. The Morgan fingerprint density at radius 1 is 1.32 bits per heavy atom. The molecular formula is C25H30FN5O6. The lowest BCUT2D eigenvalue weighted by Gasteiger charge is -2.26. The summed E-state index contributed by atoms with van der Waals surface area (Å²) in [6.07, 6.45) is -1.90. The Morgan fingerprint density at radius 3 is 2.76 bits per heavy atom. The Hall–Kier alpha value is -3.87. The number of aliphatic hydroxyl groups excluding tert-OH is 1. The SMILES string of the molecule is Cc1c(F)cc(NC(=O)C(O)C2OCCNC2=O)cc1CN=CN.O=C1COCCN1c1ccccc1. The van der Waals surface area contributed by atoms with E-state index < -0.39 is 29.8 Å². The van der Waals surface area contributed by atoms with Gasteiger partial charge in [-0.2, -0.15) is 0 Å². The fraction of sp³-hybridized carbons (Fsp3) is 0.360. The molecule has 5 N–H and O–H groups in total. The molecule has 2 aliphatic rings. The minimum absolute atomic E-state index is 0.0393. The zero-order valence-corrected chi connectivity index (χ0v) is 20.4. The van der Waals surface area contributed by atoms with Crippen molar-refractivity contribution in [3.8, 4) is 0 Å². The molecule has 11 nitrogen and oxygen atoms in total. The van der Waals surface area contributed by atoms with Crippen molar-refractivity contribution in [2.75, 3.05) is 43.1 Å². The van der Waals surface area contributed by atoms with Crippen molar-refractivity contribution in [2.45, 2.75) is 25.7 Å². The molecule has 37 heavy (non-hydrogen) atoms. The number of hydrogen-bond donors (Lipinski definition) is 4. The van der Waals surface area contributed by atoms with Crippen LogP contribution in [-0.4, -0.2) is 74.3 Å². The van der Waals surface area contributed by atoms with Gasteiger partial charge >= 0.3 is 0 Å². The number of nitrogens with two attached hydrogens (primary N) is 1. The van der Waals surface area contributed by atoms with Gasteiger partial charge in [0.15, 0.2) is 12.2 Å². The molecule has 2 heterocycles. The number of morpholine rings is 2. The predicted octanol–water partition coefficient (Wildman–Crippen LogP) is 0.485. The van der Waals surface area contributed by atoms with Crippen LogP contribution in [0.15, 0.2) is 47.5 Å². The summed E-state index contributed by atoms with van der Waals surface area (Å²) in [7, 11) is 0. The van der Waals surface area contributed by atoms with E-state index in [-0.39, 0.29) is 31.4 Å². The number of nitrogens with one attached hydrogen (secondary N) is 2. The smallest absolute Gasteiger partial charge is 0.256 e. The zero-order valence-electron chi connectivity index (χ0n) is 20.4. The Labute approximate surface area is 213 Å². The average Bonchev–Trinajstić information content (AvgIpc) is 2.91. The largest absolute Gasteiger partial charge is 0.390 e. The molecule has 2 aliphatic heterocycles. The fourth-order valence-corrected chi connectivity index (χ4v) is 3.65. The first-order valence-electron chi connectivity index (χ1n) is 11.6. The lowest BCUT2D eigenvalue weighted by Crippen LogP contribution is -2.53. The molecule has 3 amide bonds. The third-order valence-corrected chi connectivity index (χ3v) is 5.65. The van der Waals surface area contributed by atoms with Crippen molar-refractivity contribution in [1.82, 2.24) is 5.32 Å². The number of halogens is 1. The van der Waals surface area contributed by atoms with Gasteiger partial charge in [0.25, 0.3) is 17.7 Å². The molecule has 0 spiro atoms. The van der Waals surface area contributed by atoms with Gasteiger partial charge < -0.3 is 35.8 Å². The van der Waals surface area contributed by atoms with Crippen molar-refractivity contribution in [3.05, 3.63) is 59.4 Å². The van der Waals surface area contributed by atoms with Crippen molar-refractivity contribution in [2.24, 2.45) is 10.7 Å². The van der Waals surface area contributed by atoms with Crippen molar-refractivity contribution in [3.63, 3.8) is 0 Å². The molecular weight excluding hydrogens is 485 g/mol. The van der Waals surface area contributed by atoms with E-state index in [1.807, 2.05) is 30.3 Å². The Kier molecular flexibility index (Phi) is 10.1. The highest BCUT2D eigenvalue weighted by atomic mass is 19.1. The van der Waals surface area contributed by atoms with Crippen LogP contribution in [0.1, 0.15) is 11.1 Å². The molecule has 0 saturated carbocycles. The lowest BCUT2D eigenvalue weighted by atomic mass is 10.1. The third kappa shape index (κ3) is 7.56. The summed E-state index contributed by atoms with van der Waals surface area (Å²) in [5.74, 6) is -1.93.